The molecule has 49 valence electrons. The van der Waals surface area contributed by atoms with E-state index in [1.54, 1.807) is 0 Å². The van der Waals surface area contributed by atoms with Crippen molar-refractivity contribution in [3.63, 3.8) is 0 Å². The highest BCUT2D eigenvalue weighted by molar-refractivity contribution is 6.24. The summed E-state index contributed by atoms with van der Waals surface area (Å²) in [5.74, 6) is 0. The Labute approximate surface area is 56.5 Å². The second-order valence-corrected chi connectivity index (χ2v) is 2.89. The van der Waals surface area contributed by atoms with Crippen molar-refractivity contribution in [2.24, 2.45) is 0 Å². The first-order chi connectivity index (χ1) is 4.38. The van der Waals surface area contributed by atoms with Gasteiger partial charge in [-0.2, -0.15) is 0 Å². The number of rotatable bonds is 0. The first-order valence-corrected chi connectivity index (χ1v) is 3.62. The van der Waals surface area contributed by atoms with Crippen LogP contribution in [0.4, 0.5) is 0 Å². The molecule has 0 aliphatic carbocycles. The fourth-order valence-electron chi connectivity index (χ4n) is 1.71. The van der Waals surface area contributed by atoms with E-state index in [1.165, 1.54) is 19.4 Å². The van der Waals surface area contributed by atoms with Gasteiger partial charge in [0.25, 0.3) is 0 Å². The third kappa shape index (κ3) is 0.794. The van der Waals surface area contributed by atoms with Crippen LogP contribution in [0.1, 0.15) is 19.8 Å². The van der Waals surface area contributed by atoms with Crippen molar-refractivity contribution in [3.8, 4) is 0 Å². The molecule has 2 aliphatic rings. The van der Waals surface area contributed by atoms with E-state index in [9.17, 15) is 0 Å². The number of nitrogens with zero attached hydrogens (tertiary/aromatic N) is 1. The van der Waals surface area contributed by atoms with E-state index >= 15 is 0 Å². The van der Waals surface area contributed by atoms with Gasteiger partial charge >= 0.3 is 7.62 Å². The largest absolute Gasteiger partial charge is 0.420 e. The maximum atomic E-state index is 5.32. The minimum Gasteiger partial charge on any atom is -0.420 e. The number of hydrogen-bond donors (Lipinski definition) is 0. The van der Waals surface area contributed by atoms with Gasteiger partial charge in [-0.25, -0.2) is 0 Å². The zero-order valence-corrected chi connectivity index (χ0v) is 5.71. The minimum atomic E-state index is 0.437. The molecule has 0 saturated carbocycles. The predicted octanol–water partition coefficient (Wildman–Crippen LogP) is 0.404. The van der Waals surface area contributed by atoms with Crippen LogP contribution in [0.5, 0.6) is 0 Å². The van der Waals surface area contributed by atoms with Crippen molar-refractivity contribution in [3.05, 3.63) is 0 Å². The average molecular weight is 124 g/mol. The lowest BCUT2D eigenvalue weighted by molar-refractivity contribution is 0.227. The van der Waals surface area contributed by atoms with Crippen LogP contribution in [0.3, 0.4) is 0 Å². The summed E-state index contributed by atoms with van der Waals surface area (Å²) in [6.45, 7) is 3.35. The molecule has 2 heterocycles. The summed E-state index contributed by atoms with van der Waals surface area (Å²) in [5.41, 5.74) is 0. The van der Waals surface area contributed by atoms with Crippen molar-refractivity contribution in [2.75, 3.05) is 6.54 Å². The molecule has 2 atom stereocenters. The van der Waals surface area contributed by atoms with Crippen molar-refractivity contribution < 1.29 is 4.65 Å². The Morgan fingerprint density at radius 1 is 1.67 bits per heavy atom. The van der Waals surface area contributed by atoms with Crippen molar-refractivity contribution in [1.29, 1.82) is 0 Å². The molecule has 2 aliphatic heterocycles. The van der Waals surface area contributed by atoms with Gasteiger partial charge in [0, 0.05) is 6.04 Å². The van der Waals surface area contributed by atoms with Gasteiger partial charge in [-0.3, -0.25) is 0 Å². The Kier molecular flexibility index (Phi) is 1.27. The Hall–Kier alpha value is -0.0151. The third-order valence-corrected chi connectivity index (χ3v) is 2.29. The first kappa shape index (κ1) is 5.75. The second kappa shape index (κ2) is 1.99. The van der Waals surface area contributed by atoms with E-state index in [4.69, 9.17) is 4.65 Å². The SMILES string of the molecule is CC1O[B]N2CCCC12. The molecular weight excluding hydrogens is 113 g/mol. The van der Waals surface area contributed by atoms with Crippen LogP contribution >= 0.6 is 0 Å². The smallest absolute Gasteiger partial charge is 0.399 e. The van der Waals surface area contributed by atoms with Gasteiger partial charge in [0.2, 0.25) is 0 Å². The normalized spacial score (nSPS) is 42.8. The minimum absolute atomic E-state index is 0.437. The summed E-state index contributed by atoms with van der Waals surface area (Å²) >= 11 is 0. The van der Waals surface area contributed by atoms with E-state index in [0.29, 0.717) is 12.1 Å². The zero-order chi connectivity index (χ0) is 6.27. The van der Waals surface area contributed by atoms with Gasteiger partial charge in [-0.05, 0) is 26.3 Å². The van der Waals surface area contributed by atoms with Crippen LogP contribution in [-0.2, 0) is 4.65 Å². The molecule has 0 bridgehead atoms. The van der Waals surface area contributed by atoms with E-state index in [1.807, 2.05) is 7.62 Å². The monoisotopic (exact) mass is 124 g/mol. The molecule has 2 rings (SSSR count). The van der Waals surface area contributed by atoms with Gasteiger partial charge in [-0.1, -0.05) is 0 Å². The lowest BCUT2D eigenvalue weighted by Gasteiger charge is -2.13. The van der Waals surface area contributed by atoms with Gasteiger partial charge in [0.05, 0.1) is 6.10 Å². The molecule has 0 amide bonds. The van der Waals surface area contributed by atoms with Gasteiger partial charge < -0.3 is 9.47 Å². The van der Waals surface area contributed by atoms with Gasteiger partial charge in [0.1, 0.15) is 0 Å². The quantitative estimate of drug-likeness (QED) is 0.433. The Balaban J connectivity index is 2.07. The molecule has 9 heavy (non-hydrogen) atoms. The molecular formula is C6H11BNO. The van der Waals surface area contributed by atoms with E-state index in [0.717, 1.165) is 0 Å². The fraction of sp³-hybridized carbons (Fsp3) is 1.00. The third-order valence-electron chi connectivity index (χ3n) is 2.29. The summed E-state index contributed by atoms with van der Waals surface area (Å²) < 4.78 is 5.32. The molecule has 1 radical (unpaired) electrons. The van der Waals surface area contributed by atoms with Crippen molar-refractivity contribution in [2.45, 2.75) is 31.9 Å². The predicted molar refractivity (Wildman–Crippen MR) is 36.0 cm³/mol. The Morgan fingerprint density at radius 2 is 2.56 bits per heavy atom. The standard InChI is InChI=1S/C6H11BNO/c1-5-6-3-2-4-8(6)7-9-5/h5-6H,2-4H2,1H3. The van der Waals surface area contributed by atoms with Crippen LogP contribution in [0.2, 0.25) is 0 Å². The molecule has 2 unspecified atom stereocenters. The van der Waals surface area contributed by atoms with Gasteiger partial charge in [-0.15, -0.1) is 0 Å². The fourth-order valence-corrected chi connectivity index (χ4v) is 1.71. The zero-order valence-electron chi connectivity index (χ0n) is 5.71. The van der Waals surface area contributed by atoms with Crippen LogP contribution in [0.25, 0.3) is 0 Å². The molecule has 2 nitrogen and oxygen atoms in total. The Bertz CT molecular complexity index is 120. The van der Waals surface area contributed by atoms with Crippen LogP contribution in [-0.4, -0.2) is 31.1 Å². The highest BCUT2D eigenvalue weighted by Crippen LogP contribution is 2.25. The van der Waals surface area contributed by atoms with Crippen molar-refractivity contribution >= 4 is 7.62 Å². The first-order valence-electron chi connectivity index (χ1n) is 3.62. The van der Waals surface area contributed by atoms with Crippen molar-refractivity contribution in [1.82, 2.24) is 4.81 Å². The second-order valence-electron chi connectivity index (χ2n) is 2.89. The summed E-state index contributed by atoms with van der Waals surface area (Å²) in [6, 6.07) is 0.699. The summed E-state index contributed by atoms with van der Waals surface area (Å²) in [7, 11) is 1.89. The number of hydrogen-bond acceptors (Lipinski definition) is 2. The molecule has 0 aromatic carbocycles. The van der Waals surface area contributed by atoms with Crippen LogP contribution in [0, 0.1) is 0 Å². The summed E-state index contributed by atoms with van der Waals surface area (Å²) in [6.07, 6.45) is 3.10. The summed E-state index contributed by atoms with van der Waals surface area (Å²) in [4.78, 5) is 2.31. The molecule has 0 aromatic rings. The lowest BCUT2D eigenvalue weighted by atomic mass is 10.1. The average Bonchev–Trinajstić information content (AvgIpc) is 2.35. The highest BCUT2D eigenvalue weighted by Gasteiger charge is 2.36. The molecule has 0 aromatic heterocycles. The summed E-state index contributed by atoms with van der Waals surface area (Å²) in [5, 5.41) is 0. The number of fused-ring (bicyclic) bond motifs is 1. The topological polar surface area (TPSA) is 12.5 Å². The molecule has 2 fully saturated rings. The van der Waals surface area contributed by atoms with Crippen LogP contribution in [0.15, 0.2) is 0 Å². The maximum Gasteiger partial charge on any atom is 0.399 e. The molecule has 2 saturated heterocycles. The Morgan fingerprint density at radius 3 is 3.33 bits per heavy atom. The highest BCUT2D eigenvalue weighted by atomic mass is 16.5. The van der Waals surface area contributed by atoms with E-state index in [2.05, 4.69) is 11.7 Å². The van der Waals surface area contributed by atoms with Gasteiger partial charge in [0.15, 0.2) is 0 Å². The molecule has 0 spiro atoms. The van der Waals surface area contributed by atoms with E-state index < -0.39 is 0 Å². The lowest BCUT2D eigenvalue weighted by Crippen LogP contribution is -2.28. The van der Waals surface area contributed by atoms with E-state index in [-0.39, 0.29) is 0 Å². The molecule has 0 N–H and O–H groups in total. The van der Waals surface area contributed by atoms with Crippen LogP contribution < -0.4 is 0 Å². The maximum absolute atomic E-state index is 5.32. The molecule has 3 heteroatoms.